The van der Waals surface area contributed by atoms with Gasteiger partial charge in [-0.2, -0.15) is 0 Å². The Morgan fingerprint density at radius 3 is 2.67 bits per heavy atom. The van der Waals surface area contributed by atoms with Gasteiger partial charge in [0.25, 0.3) is 0 Å². The van der Waals surface area contributed by atoms with Crippen LogP contribution in [-0.2, 0) is 9.53 Å². The first-order valence-electron chi connectivity index (χ1n) is 3.79. The lowest BCUT2D eigenvalue weighted by atomic mass is 10.2. The lowest BCUT2D eigenvalue weighted by Crippen LogP contribution is -2.37. The van der Waals surface area contributed by atoms with Gasteiger partial charge in [0.05, 0.1) is 7.11 Å². The fourth-order valence-corrected chi connectivity index (χ4v) is 0.797. The van der Waals surface area contributed by atoms with Gasteiger partial charge in [0.15, 0.2) is 0 Å². The molecule has 1 unspecified atom stereocenters. The third kappa shape index (κ3) is 3.93. The second-order valence-corrected chi connectivity index (χ2v) is 2.30. The first-order valence-corrected chi connectivity index (χ1v) is 3.79. The number of methoxy groups -OCH3 is 1. The summed E-state index contributed by atoms with van der Waals surface area (Å²) in [6.45, 7) is 7.68. The maximum Gasteiger partial charge on any atom is 0.323 e. The van der Waals surface area contributed by atoms with Crippen LogP contribution in [0, 0.1) is 0 Å². The van der Waals surface area contributed by atoms with E-state index in [0.717, 1.165) is 0 Å². The van der Waals surface area contributed by atoms with Crippen LogP contribution >= 0.6 is 0 Å². The van der Waals surface area contributed by atoms with Gasteiger partial charge in [-0.25, -0.2) is 0 Å². The Bertz CT molecular complexity index is 166. The van der Waals surface area contributed by atoms with E-state index in [9.17, 15) is 4.79 Å². The van der Waals surface area contributed by atoms with E-state index in [2.05, 4.69) is 23.2 Å². The van der Waals surface area contributed by atoms with Crippen molar-refractivity contribution in [3.63, 3.8) is 0 Å². The fourth-order valence-electron chi connectivity index (χ4n) is 0.797. The summed E-state index contributed by atoms with van der Waals surface area (Å²) in [5.74, 6) is -0.267. The van der Waals surface area contributed by atoms with Crippen molar-refractivity contribution in [2.75, 3.05) is 13.7 Å². The number of rotatable bonds is 6. The maximum absolute atomic E-state index is 11.0. The largest absolute Gasteiger partial charge is 0.468 e. The van der Waals surface area contributed by atoms with E-state index < -0.39 is 0 Å². The maximum atomic E-state index is 11.0. The average molecular weight is 169 g/mol. The summed E-state index contributed by atoms with van der Waals surface area (Å²) < 4.78 is 4.58. The number of hydrogen-bond donors (Lipinski definition) is 1. The van der Waals surface area contributed by atoms with Crippen molar-refractivity contribution in [1.29, 1.82) is 0 Å². The molecule has 0 aromatic heterocycles. The van der Waals surface area contributed by atoms with Crippen LogP contribution in [0.3, 0.4) is 0 Å². The van der Waals surface area contributed by atoms with E-state index in [1.165, 1.54) is 7.11 Å². The highest BCUT2D eigenvalue weighted by Crippen LogP contribution is 1.94. The molecule has 0 amide bonds. The Kier molecular flexibility index (Phi) is 6.01. The number of esters is 1. The normalized spacial score (nSPS) is 11.8. The van der Waals surface area contributed by atoms with E-state index in [4.69, 9.17) is 0 Å². The van der Waals surface area contributed by atoms with Gasteiger partial charge in [0.1, 0.15) is 6.04 Å². The van der Waals surface area contributed by atoms with Crippen LogP contribution < -0.4 is 5.32 Å². The third-order valence-corrected chi connectivity index (χ3v) is 1.40. The van der Waals surface area contributed by atoms with Gasteiger partial charge < -0.3 is 10.1 Å². The minimum absolute atomic E-state index is 0.267. The van der Waals surface area contributed by atoms with Crippen LogP contribution in [0.5, 0.6) is 0 Å². The van der Waals surface area contributed by atoms with Crippen molar-refractivity contribution in [2.24, 2.45) is 0 Å². The van der Waals surface area contributed by atoms with Crippen LogP contribution in [0.2, 0.25) is 0 Å². The molecule has 0 aliphatic rings. The van der Waals surface area contributed by atoms with Crippen molar-refractivity contribution in [2.45, 2.75) is 12.5 Å². The monoisotopic (exact) mass is 169 g/mol. The molecule has 0 aromatic rings. The molecule has 0 spiro atoms. The van der Waals surface area contributed by atoms with Crippen molar-refractivity contribution in [3.8, 4) is 0 Å². The van der Waals surface area contributed by atoms with Crippen molar-refractivity contribution in [1.82, 2.24) is 5.32 Å². The lowest BCUT2D eigenvalue weighted by Gasteiger charge is -2.12. The Morgan fingerprint density at radius 2 is 2.25 bits per heavy atom. The molecule has 0 saturated carbocycles. The molecule has 12 heavy (non-hydrogen) atoms. The summed E-state index contributed by atoms with van der Waals surface area (Å²) in [4.78, 5) is 11.0. The summed E-state index contributed by atoms with van der Waals surface area (Å²) in [5, 5.41) is 2.96. The molecule has 0 aromatic carbocycles. The summed E-state index contributed by atoms with van der Waals surface area (Å²) >= 11 is 0. The van der Waals surface area contributed by atoms with Crippen LogP contribution in [0.1, 0.15) is 6.42 Å². The Hall–Kier alpha value is -1.09. The minimum Gasteiger partial charge on any atom is -0.468 e. The number of ether oxygens (including phenoxy) is 1. The van der Waals surface area contributed by atoms with Crippen molar-refractivity contribution in [3.05, 3.63) is 25.3 Å². The molecular formula is C9H15NO2. The molecule has 0 aliphatic carbocycles. The molecule has 0 fully saturated rings. The molecule has 0 saturated heterocycles. The summed E-state index contributed by atoms with van der Waals surface area (Å²) in [7, 11) is 1.37. The third-order valence-electron chi connectivity index (χ3n) is 1.40. The van der Waals surface area contributed by atoms with Gasteiger partial charge in [0, 0.05) is 6.54 Å². The average Bonchev–Trinajstić information content (AvgIpc) is 2.11. The lowest BCUT2D eigenvalue weighted by molar-refractivity contribution is -0.142. The minimum atomic E-state index is -0.300. The molecule has 0 heterocycles. The molecule has 0 aliphatic heterocycles. The summed E-state index contributed by atoms with van der Waals surface area (Å²) in [6.07, 6.45) is 3.94. The fraction of sp³-hybridized carbons (Fsp3) is 0.444. The van der Waals surface area contributed by atoms with Crippen molar-refractivity contribution >= 4 is 5.97 Å². The van der Waals surface area contributed by atoms with E-state index in [1.54, 1.807) is 12.2 Å². The molecule has 0 bridgehead atoms. The van der Waals surface area contributed by atoms with Gasteiger partial charge in [-0.1, -0.05) is 12.2 Å². The highest BCUT2D eigenvalue weighted by molar-refractivity contribution is 5.75. The van der Waals surface area contributed by atoms with E-state index in [1.807, 2.05) is 0 Å². The molecule has 0 radical (unpaired) electrons. The standard InChI is InChI=1S/C9H15NO2/c1-4-6-8(9(11)12-3)10-7-5-2/h4-5,8,10H,1-2,6-7H2,3H3. The van der Waals surface area contributed by atoms with Crippen LogP contribution in [-0.4, -0.2) is 25.7 Å². The first-order chi connectivity index (χ1) is 5.76. The Morgan fingerprint density at radius 1 is 1.58 bits per heavy atom. The zero-order chi connectivity index (χ0) is 9.40. The number of carbonyl (C=O) groups is 1. The number of carbonyl (C=O) groups excluding carboxylic acids is 1. The highest BCUT2D eigenvalue weighted by atomic mass is 16.5. The predicted molar refractivity (Wildman–Crippen MR) is 48.8 cm³/mol. The second-order valence-electron chi connectivity index (χ2n) is 2.30. The van der Waals surface area contributed by atoms with Gasteiger partial charge in [-0.15, -0.1) is 13.2 Å². The predicted octanol–water partition coefficient (Wildman–Crippen LogP) is 0.880. The van der Waals surface area contributed by atoms with E-state index >= 15 is 0 Å². The zero-order valence-corrected chi connectivity index (χ0v) is 7.38. The highest BCUT2D eigenvalue weighted by Gasteiger charge is 2.15. The molecular weight excluding hydrogens is 154 g/mol. The van der Waals surface area contributed by atoms with Crippen molar-refractivity contribution < 1.29 is 9.53 Å². The zero-order valence-electron chi connectivity index (χ0n) is 7.38. The van der Waals surface area contributed by atoms with Gasteiger partial charge in [-0.3, -0.25) is 4.79 Å². The van der Waals surface area contributed by atoms with E-state index in [-0.39, 0.29) is 12.0 Å². The number of hydrogen-bond acceptors (Lipinski definition) is 3. The van der Waals surface area contributed by atoms with Crippen LogP contribution in [0.4, 0.5) is 0 Å². The first kappa shape index (κ1) is 10.9. The second kappa shape index (κ2) is 6.61. The SMILES string of the molecule is C=CCNC(CC=C)C(=O)OC. The number of nitrogens with one attached hydrogen (secondary N) is 1. The van der Waals surface area contributed by atoms with Crippen LogP contribution in [0.25, 0.3) is 0 Å². The molecule has 0 rings (SSSR count). The Balaban J connectivity index is 3.92. The molecule has 3 heteroatoms. The summed E-state index contributed by atoms with van der Waals surface area (Å²) in [5.41, 5.74) is 0. The van der Waals surface area contributed by atoms with Gasteiger partial charge >= 0.3 is 5.97 Å². The summed E-state index contributed by atoms with van der Waals surface area (Å²) in [6, 6.07) is -0.300. The molecule has 68 valence electrons. The molecule has 1 atom stereocenters. The molecule has 3 nitrogen and oxygen atoms in total. The topological polar surface area (TPSA) is 38.3 Å². The van der Waals surface area contributed by atoms with Crippen LogP contribution in [0.15, 0.2) is 25.3 Å². The molecule has 1 N–H and O–H groups in total. The smallest absolute Gasteiger partial charge is 0.323 e. The quantitative estimate of drug-likeness (QED) is 0.474. The van der Waals surface area contributed by atoms with Gasteiger partial charge in [0.2, 0.25) is 0 Å². The van der Waals surface area contributed by atoms with Gasteiger partial charge in [-0.05, 0) is 6.42 Å². The Labute approximate surface area is 73.1 Å². The van der Waals surface area contributed by atoms with E-state index in [0.29, 0.717) is 13.0 Å².